The molecule has 6 heteroatoms. The van der Waals surface area contributed by atoms with E-state index in [0.717, 1.165) is 35.0 Å². The number of hydrogen-bond donors (Lipinski definition) is 2. The lowest BCUT2D eigenvalue weighted by Gasteiger charge is -2.08. The van der Waals surface area contributed by atoms with Gasteiger partial charge in [-0.3, -0.25) is 9.78 Å². The van der Waals surface area contributed by atoms with Crippen LogP contribution in [0, 0.1) is 4.77 Å². The molecule has 0 saturated heterocycles. The zero-order valence-corrected chi connectivity index (χ0v) is 14.0. The summed E-state index contributed by atoms with van der Waals surface area (Å²) in [5.41, 5.74) is 4.81. The maximum atomic E-state index is 12.2. The van der Waals surface area contributed by atoms with E-state index in [1.807, 2.05) is 0 Å². The minimum Gasteiger partial charge on any atom is -0.330 e. The molecule has 0 atom stereocenters. The molecule has 3 heterocycles. The van der Waals surface area contributed by atoms with Crippen molar-refractivity contribution in [3.63, 3.8) is 0 Å². The highest BCUT2D eigenvalue weighted by atomic mass is 32.1. The summed E-state index contributed by atoms with van der Waals surface area (Å²) in [6.07, 6.45) is 6.74. The fourth-order valence-electron chi connectivity index (χ4n) is 3.44. The van der Waals surface area contributed by atoms with Crippen LogP contribution in [0.15, 0.2) is 4.79 Å². The van der Waals surface area contributed by atoms with Gasteiger partial charge in [-0.1, -0.05) is 13.3 Å². The normalized spacial score (nSPS) is 14.0. The second-order valence-electron chi connectivity index (χ2n) is 5.87. The van der Waals surface area contributed by atoms with Gasteiger partial charge in [-0.05, 0) is 55.4 Å². The van der Waals surface area contributed by atoms with Gasteiger partial charge in [0.05, 0.1) is 5.52 Å². The molecule has 0 unspecified atom stereocenters. The monoisotopic (exact) mass is 331 g/mol. The van der Waals surface area contributed by atoms with Gasteiger partial charge in [-0.25, -0.2) is 4.98 Å². The minimum absolute atomic E-state index is 0.108. The maximum absolute atomic E-state index is 12.2. The van der Waals surface area contributed by atoms with Crippen LogP contribution in [0.5, 0.6) is 0 Å². The van der Waals surface area contributed by atoms with Gasteiger partial charge in [0.2, 0.25) is 0 Å². The second kappa shape index (κ2) is 5.28. The van der Waals surface area contributed by atoms with Gasteiger partial charge in [0, 0.05) is 11.1 Å². The van der Waals surface area contributed by atoms with E-state index in [1.54, 1.807) is 0 Å². The molecule has 0 fully saturated rings. The van der Waals surface area contributed by atoms with Crippen molar-refractivity contribution in [2.24, 2.45) is 0 Å². The van der Waals surface area contributed by atoms with Crippen LogP contribution in [-0.4, -0.2) is 15.0 Å². The molecule has 1 aliphatic rings. The molecular formula is C16H17N3OS2. The van der Waals surface area contributed by atoms with Gasteiger partial charge in [-0.2, -0.15) is 0 Å². The predicted molar refractivity (Wildman–Crippen MR) is 93.6 cm³/mol. The average molecular weight is 331 g/mol. The summed E-state index contributed by atoms with van der Waals surface area (Å²) in [7, 11) is 0. The van der Waals surface area contributed by atoms with Gasteiger partial charge >= 0.3 is 0 Å². The Hall–Kier alpha value is -1.53. The van der Waals surface area contributed by atoms with E-state index in [2.05, 4.69) is 16.9 Å². The molecule has 3 aromatic heterocycles. The van der Waals surface area contributed by atoms with Crippen molar-refractivity contribution < 1.29 is 0 Å². The first-order valence-electron chi connectivity index (χ1n) is 7.78. The topological polar surface area (TPSA) is 61.5 Å². The standard InChI is InChI=1S/C16H17N3OS2/c1-2-3-7-10-8-5-4-6-9(8)11-12-13(22-15(11)17-10)14(20)19-16(21)18-12/h2-7H2,1H3,(H2,18,19,20,21). The highest BCUT2D eigenvalue weighted by Crippen LogP contribution is 2.38. The Labute approximate surface area is 136 Å². The molecule has 2 N–H and O–H groups in total. The summed E-state index contributed by atoms with van der Waals surface area (Å²) in [4.78, 5) is 23.9. The molecule has 114 valence electrons. The molecule has 3 aromatic rings. The third-order valence-electron chi connectivity index (χ3n) is 4.43. The number of aromatic nitrogens is 3. The lowest BCUT2D eigenvalue weighted by Crippen LogP contribution is -2.05. The lowest BCUT2D eigenvalue weighted by molar-refractivity contribution is 0.770. The molecule has 0 aromatic carbocycles. The van der Waals surface area contributed by atoms with Crippen LogP contribution in [0.4, 0.5) is 0 Å². The Bertz CT molecular complexity index is 996. The molecule has 0 amide bonds. The third kappa shape index (κ3) is 2.05. The quantitative estimate of drug-likeness (QED) is 0.712. The molecule has 4 nitrogen and oxygen atoms in total. The van der Waals surface area contributed by atoms with E-state index in [-0.39, 0.29) is 5.56 Å². The average Bonchev–Trinajstić information content (AvgIpc) is 3.08. The number of rotatable bonds is 3. The zero-order valence-electron chi connectivity index (χ0n) is 12.4. The van der Waals surface area contributed by atoms with Crippen molar-refractivity contribution in [3.8, 4) is 0 Å². The lowest BCUT2D eigenvalue weighted by atomic mass is 10.0. The van der Waals surface area contributed by atoms with Crippen LogP contribution in [0.25, 0.3) is 20.4 Å². The maximum Gasteiger partial charge on any atom is 0.269 e. The number of aryl methyl sites for hydroxylation is 2. The molecule has 1 aliphatic carbocycles. The molecule has 0 spiro atoms. The number of nitrogens with zero attached hydrogens (tertiary/aromatic N) is 1. The van der Waals surface area contributed by atoms with Crippen molar-refractivity contribution >= 4 is 44.0 Å². The van der Waals surface area contributed by atoms with E-state index < -0.39 is 0 Å². The SMILES string of the molecule is CCCCc1nc2sc3c(=O)[nH]c(=S)[nH]c3c2c2c1CCC2. The Morgan fingerprint density at radius 2 is 2.09 bits per heavy atom. The fourth-order valence-corrected chi connectivity index (χ4v) is 4.71. The number of H-pyrrole nitrogens is 2. The Morgan fingerprint density at radius 3 is 2.91 bits per heavy atom. The Kier molecular flexibility index (Phi) is 3.38. The van der Waals surface area contributed by atoms with Crippen molar-refractivity contribution in [1.29, 1.82) is 0 Å². The second-order valence-corrected chi connectivity index (χ2v) is 7.27. The van der Waals surface area contributed by atoms with Crippen LogP contribution < -0.4 is 5.56 Å². The molecular weight excluding hydrogens is 314 g/mol. The number of pyridine rings is 1. The van der Waals surface area contributed by atoms with E-state index >= 15 is 0 Å². The first-order chi connectivity index (χ1) is 10.7. The van der Waals surface area contributed by atoms with Gasteiger partial charge in [0.25, 0.3) is 5.56 Å². The van der Waals surface area contributed by atoms with Crippen molar-refractivity contribution in [2.75, 3.05) is 0 Å². The van der Waals surface area contributed by atoms with Crippen LogP contribution >= 0.6 is 23.6 Å². The molecule has 0 radical (unpaired) electrons. The summed E-state index contributed by atoms with van der Waals surface area (Å²) in [6.45, 7) is 2.21. The van der Waals surface area contributed by atoms with Crippen molar-refractivity contribution in [3.05, 3.63) is 31.9 Å². The largest absolute Gasteiger partial charge is 0.330 e. The fraction of sp³-hybridized carbons (Fsp3) is 0.438. The Morgan fingerprint density at radius 1 is 1.27 bits per heavy atom. The van der Waals surface area contributed by atoms with Crippen molar-refractivity contribution in [2.45, 2.75) is 45.4 Å². The van der Waals surface area contributed by atoms with E-state index in [0.29, 0.717) is 9.47 Å². The van der Waals surface area contributed by atoms with Gasteiger partial charge in [0.1, 0.15) is 9.53 Å². The first kappa shape index (κ1) is 14.1. The van der Waals surface area contributed by atoms with Crippen molar-refractivity contribution in [1.82, 2.24) is 15.0 Å². The van der Waals surface area contributed by atoms with E-state index in [4.69, 9.17) is 17.2 Å². The predicted octanol–water partition coefficient (Wildman–Crippen LogP) is 4.03. The molecule has 22 heavy (non-hydrogen) atoms. The number of thiophene rings is 1. The smallest absolute Gasteiger partial charge is 0.269 e. The summed E-state index contributed by atoms with van der Waals surface area (Å²) in [5.74, 6) is 0. The van der Waals surface area contributed by atoms with E-state index in [9.17, 15) is 4.79 Å². The Balaban J connectivity index is 2.10. The van der Waals surface area contributed by atoms with E-state index in [1.165, 1.54) is 47.4 Å². The van der Waals surface area contributed by atoms with Gasteiger partial charge in [0.15, 0.2) is 4.77 Å². The first-order valence-corrected chi connectivity index (χ1v) is 9.01. The highest BCUT2D eigenvalue weighted by molar-refractivity contribution is 7.71. The number of aromatic amines is 2. The number of fused-ring (bicyclic) bond motifs is 5. The molecule has 4 rings (SSSR count). The van der Waals surface area contributed by atoms with Crippen LogP contribution in [0.3, 0.4) is 0 Å². The highest BCUT2D eigenvalue weighted by Gasteiger charge is 2.23. The summed E-state index contributed by atoms with van der Waals surface area (Å²) in [5, 5.41) is 1.13. The molecule has 0 aliphatic heterocycles. The number of hydrogen-bond acceptors (Lipinski definition) is 4. The molecule has 0 saturated carbocycles. The van der Waals surface area contributed by atoms with Crippen LogP contribution in [0.2, 0.25) is 0 Å². The molecule has 0 bridgehead atoms. The van der Waals surface area contributed by atoms with Crippen LogP contribution in [0.1, 0.15) is 43.0 Å². The number of unbranched alkanes of at least 4 members (excludes halogenated alkanes) is 1. The van der Waals surface area contributed by atoms with Gasteiger partial charge in [-0.15, -0.1) is 11.3 Å². The zero-order chi connectivity index (χ0) is 15.3. The number of nitrogens with one attached hydrogen (secondary N) is 2. The minimum atomic E-state index is -0.108. The van der Waals surface area contributed by atoms with Crippen LogP contribution in [-0.2, 0) is 19.3 Å². The van der Waals surface area contributed by atoms with Gasteiger partial charge < -0.3 is 4.98 Å². The summed E-state index contributed by atoms with van der Waals surface area (Å²) >= 11 is 6.62. The summed E-state index contributed by atoms with van der Waals surface area (Å²) in [6, 6.07) is 0. The summed E-state index contributed by atoms with van der Waals surface area (Å²) < 4.78 is 1.09. The third-order valence-corrected chi connectivity index (χ3v) is 5.72.